The molecule has 0 aromatic carbocycles. The molecule has 1 aliphatic heterocycles. The molecule has 1 amide bonds. The molecule has 2 rings (SSSR count). The van der Waals surface area contributed by atoms with Crippen molar-refractivity contribution >= 4 is 23.2 Å². The van der Waals surface area contributed by atoms with E-state index < -0.39 is 11.9 Å². The SMILES string of the molecule is O=C(O)C1CCN(C(=O)c2cncs2)C1. The summed E-state index contributed by atoms with van der Waals surface area (Å²) in [6, 6.07) is 0. The Morgan fingerprint density at radius 3 is 2.93 bits per heavy atom. The summed E-state index contributed by atoms with van der Waals surface area (Å²) >= 11 is 1.28. The minimum absolute atomic E-state index is 0.110. The van der Waals surface area contributed by atoms with Gasteiger partial charge in [0.05, 0.1) is 17.6 Å². The van der Waals surface area contributed by atoms with Gasteiger partial charge in [0.25, 0.3) is 5.91 Å². The third-order valence-corrected chi connectivity index (χ3v) is 3.23. The zero-order valence-corrected chi connectivity index (χ0v) is 8.74. The van der Waals surface area contributed by atoms with Crippen molar-refractivity contribution < 1.29 is 14.7 Å². The molecule has 80 valence electrons. The van der Waals surface area contributed by atoms with Crippen LogP contribution in [0.1, 0.15) is 16.1 Å². The molecule has 1 aromatic rings. The Bertz CT molecular complexity index is 377. The molecule has 1 saturated heterocycles. The van der Waals surface area contributed by atoms with Crippen LogP contribution < -0.4 is 0 Å². The third kappa shape index (κ3) is 1.99. The monoisotopic (exact) mass is 226 g/mol. The van der Waals surface area contributed by atoms with Crippen LogP contribution >= 0.6 is 11.3 Å². The minimum atomic E-state index is -0.824. The van der Waals surface area contributed by atoms with E-state index in [4.69, 9.17) is 5.11 Å². The number of thiazole rings is 1. The van der Waals surface area contributed by atoms with Crippen molar-refractivity contribution in [2.45, 2.75) is 6.42 Å². The van der Waals surface area contributed by atoms with Gasteiger partial charge >= 0.3 is 5.97 Å². The number of aromatic nitrogens is 1. The number of carboxylic acids is 1. The lowest BCUT2D eigenvalue weighted by Gasteiger charge is -2.13. The molecule has 2 heterocycles. The van der Waals surface area contributed by atoms with E-state index in [1.807, 2.05) is 0 Å². The van der Waals surface area contributed by atoms with Crippen LogP contribution in [0.2, 0.25) is 0 Å². The van der Waals surface area contributed by atoms with Crippen LogP contribution in [0.4, 0.5) is 0 Å². The van der Waals surface area contributed by atoms with Crippen LogP contribution in [0.25, 0.3) is 0 Å². The van der Waals surface area contributed by atoms with Gasteiger partial charge in [-0.05, 0) is 6.42 Å². The van der Waals surface area contributed by atoms with Crippen LogP contribution in [-0.2, 0) is 4.79 Å². The quantitative estimate of drug-likeness (QED) is 0.805. The molecule has 1 N–H and O–H groups in total. The Morgan fingerprint density at radius 1 is 1.60 bits per heavy atom. The third-order valence-electron chi connectivity index (χ3n) is 2.47. The summed E-state index contributed by atoms with van der Waals surface area (Å²) in [4.78, 5) is 28.5. The Kier molecular flexibility index (Phi) is 2.68. The lowest BCUT2D eigenvalue weighted by atomic mass is 10.1. The van der Waals surface area contributed by atoms with Gasteiger partial charge in [-0.25, -0.2) is 0 Å². The van der Waals surface area contributed by atoms with Crippen LogP contribution in [-0.4, -0.2) is 40.0 Å². The van der Waals surface area contributed by atoms with E-state index in [0.29, 0.717) is 24.4 Å². The lowest BCUT2D eigenvalue weighted by molar-refractivity contribution is -0.141. The number of likely N-dealkylation sites (tertiary alicyclic amines) is 1. The van der Waals surface area contributed by atoms with Crippen LogP contribution in [0.3, 0.4) is 0 Å². The first-order valence-electron chi connectivity index (χ1n) is 4.59. The predicted octanol–water partition coefficient (Wildman–Crippen LogP) is 0.690. The minimum Gasteiger partial charge on any atom is -0.481 e. The molecule has 1 aliphatic rings. The average Bonchev–Trinajstić information content (AvgIpc) is 2.88. The summed E-state index contributed by atoms with van der Waals surface area (Å²) in [6.45, 7) is 0.833. The topological polar surface area (TPSA) is 70.5 Å². The first-order valence-corrected chi connectivity index (χ1v) is 5.47. The maximum atomic E-state index is 11.8. The van der Waals surface area contributed by atoms with Crippen LogP contribution in [0, 0.1) is 5.92 Å². The van der Waals surface area contributed by atoms with Gasteiger partial charge in [-0.1, -0.05) is 0 Å². The summed E-state index contributed by atoms with van der Waals surface area (Å²) in [6.07, 6.45) is 2.06. The van der Waals surface area contributed by atoms with E-state index in [9.17, 15) is 9.59 Å². The molecule has 0 radical (unpaired) electrons. The molecule has 0 bridgehead atoms. The molecule has 1 atom stereocenters. The average molecular weight is 226 g/mol. The number of carbonyl (C=O) groups excluding carboxylic acids is 1. The molecule has 15 heavy (non-hydrogen) atoms. The second kappa shape index (κ2) is 3.98. The molecular weight excluding hydrogens is 216 g/mol. The van der Waals surface area contributed by atoms with E-state index in [1.165, 1.54) is 17.5 Å². The normalized spacial score (nSPS) is 20.5. The van der Waals surface area contributed by atoms with Crippen molar-refractivity contribution in [3.63, 3.8) is 0 Å². The van der Waals surface area contributed by atoms with Crippen LogP contribution in [0.15, 0.2) is 11.7 Å². The van der Waals surface area contributed by atoms with E-state index in [1.54, 1.807) is 10.4 Å². The summed E-state index contributed by atoms with van der Waals surface area (Å²) in [5.41, 5.74) is 1.60. The van der Waals surface area contributed by atoms with E-state index in [-0.39, 0.29) is 5.91 Å². The Labute approximate surface area is 90.4 Å². The first kappa shape index (κ1) is 10.1. The number of carboxylic acid groups (broad SMARTS) is 1. The molecule has 5 nitrogen and oxygen atoms in total. The standard InChI is InChI=1S/C9H10N2O3S/c12-8(7-3-10-5-15-7)11-2-1-6(4-11)9(13)14/h3,5-6H,1-2,4H2,(H,13,14). The van der Waals surface area contributed by atoms with Crippen molar-refractivity contribution in [1.82, 2.24) is 9.88 Å². The highest BCUT2D eigenvalue weighted by atomic mass is 32.1. The first-order chi connectivity index (χ1) is 7.18. The number of carbonyl (C=O) groups is 2. The van der Waals surface area contributed by atoms with Crippen molar-refractivity contribution in [2.75, 3.05) is 13.1 Å². The van der Waals surface area contributed by atoms with Gasteiger partial charge < -0.3 is 10.0 Å². The fraction of sp³-hybridized carbons (Fsp3) is 0.444. The van der Waals surface area contributed by atoms with Gasteiger partial charge in [0.1, 0.15) is 4.88 Å². The highest BCUT2D eigenvalue weighted by molar-refractivity contribution is 7.11. The summed E-state index contributed by atoms with van der Waals surface area (Å²) in [5, 5.41) is 8.80. The smallest absolute Gasteiger partial charge is 0.308 e. The second-order valence-electron chi connectivity index (χ2n) is 3.44. The zero-order valence-electron chi connectivity index (χ0n) is 7.92. The van der Waals surface area contributed by atoms with Crippen LogP contribution in [0.5, 0.6) is 0 Å². The largest absolute Gasteiger partial charge is 0.481 e. The van der Waals surface area contributed by atoms with E-state index in [0.717, 1.165) is 0 Å². The van der Waals surface area contributed by atoms with Crippen molar-refractivity contribution in [1.29, 1.82) is 0 Å². The van der Waals surface area contributed by atoms with Gasteiger partial charge in [0.15, 0.2) is 0 Å². The molecule has 1 unspecified atom stereocenters. The number of hydrogen-bond acceptors (Lipinski definition) is 4. The van der Waals surface area contributed by atoms with Crippen molar-refractivity contribution in [2.24, 2.45) is 5.92 Å². The molecule has 1 fully saturated rings. The lowest BCUT2D eigenvalue weighted by Crippen LogP contribution is -2.29. The number of nitrogens with zero attached hydrogens (tertiary/aromatic N) is 2. The molecule has 0 aliphatic carbocycles. The molecular formula is C9H10N2O3S. The predicted molar refractivity (Wildman–Crippen MR) is 53.8 cm³/mol. The van der Waals surface area contributed by atoms with Gasteiger partial charge in [-0.15, -0.1) is 11.3 Å². The zero-order chi connectivity index (χ0) is 10.8. The maximum Gasteiger partial charge on any atom is 0.308 e. The summed E-state index contributed by atoms with van der Waals surface area (Å²) in [7, 11) is 0. The maximum absolute atomic E-state index is 11.8. The Balaban J connectivity index is 2.02. The van der Waals surface area contributed by atoms with Crippen molar-refractivity contribution in [3.05, 3.63) is 16.6 Å². The summed E-state index contributed by atoms with van der Waals surface area (Å²) in [5.74, 6) is -1.35. The molecule has 6 heteroatoms. The molecule has 0 saturated carbocycles. The number of aliphatic carboxylic acids is 1. The van der Waals surface area contributed by atoms with Crippen molar-refractivity contribution in [3.8, 4) is 0 Å². The molecule has 1 aromatic heterocycles. The highest BCUT2D eigenvalue weighted by Gasteiger charge is 2.31. The van der Waals surface area contributed by atoms with E-state index >= 15 is 0 Å². The molecule has 0 spiro atoms. The number of amides is 1. The number of hydrogen-bond donors (Lipinski definition) is 1. The Morgan fingerprint density at radius 2 is 2.40 bits per heavy atom. The van der Waals surface area contributed by atoms with E-state index in [2.05, 4.69) is 4.98 Å². The van der Waals surface area contributed by atoms with Gasteiger partial charge in [-0.2, -0.15) is 0 Å². The van der Waals surface area contributed by atoms with Gasteiger partial charge in [-0.3, -0.25) is 14.6 Å². The number of rotatable bonds is 2. The fourth-order valence-corrected chi connectivity index (χ4v) is 2.21. The van der Waals surface area contributed by atoms with Gasteiger partial charge in [0, 0.05) is 13.1 Å². The fourth-order valence-electron chi connectivity index (χ4n) is 1.62. The highest BCUT2D eigenvalue weighted by Crippen LogP contribution is 2.19. The second-order valence-corrected chi connectivity index (χ2v) is 4.33. The summed E-state index contributed by atoms with van der Waals surface area (Å²) < 4.78 is 0. The Hall–Kier alpha value is -1.43. The van der Waals surface area contributed by atoms with Gasteiger partial charge in [0.2, 0.25) is 0 Å².